The monoisotopic (exact) mass is 359 g/mol. The Labute approximate surface area is 149 Å². The Balaban J connectivity index is 2.07. The Hall–Kier alpha value is -3.62. The molecule has 2 aromatic carbocycles. The van der Waals surface area contributed by atoms with Crippen molar-refractivity contribution in [1.82, 2.24) is 10.9 Å². The van der Waals surface area contributed by atoms with Crippen molar-refractivity contribution in [3.8, 4) is 11.5 Å². The van der Waals surface area contributed by atoms with E-state index in [1.807, 2.05) is 6.92 Å². The van der Waals surface area contributed by atoms with Crippen molar-refractivity contribution in [3.63, 3.8) is 0 Å². The zero-order valence-corrected chi connectivity index (χ0v) is 14.1. The van der Waals surface area contributed by atoms with Gasteiger partial charge < -0.3 is 9.47 Å². The Morgan fingerprint density at radius 3 is 2.31 bits per heavy atom. The van der Waals surface area contributed by atoms with Gasteiger partial charge in [-0.3, -0.25) is 30.6 Å². The molecule has 0 bridgehead atoms. The number of ether oxygens (including phenoxy) is 2. The number of benzene rings is 2. The minimum absolute atomic E-state index is 0.0753. The average molecular weight is 359 g/mol. The Morgan fingerprint density at radius 2 is 1.73 bits per heavy atom. The highest BCUT2D eigenvalue weighted by Crippen LogP contribution is 2.23. The number of carbonyl (C=O) groups excluding carboxylic acids is 2. The topological polar surface area (TPSA) is 120 Å². The number of hydrogen-bond donors (Lipinski definition) is 2. The molecule has 0 radical (unpaired) electrons. The van der Waals surface area contributed by atoms with E-state index in [0.29, 0.717) is 17.9 Å². The van der Waals surface area contributed by atoms with Gasteiger partial charge in [0.25, 0.3) is 17.5 Å². The fourth-order valence-corrected chi connectivity index (χ4v) is 2.11. The van der Waals surface area contributed by atoms with Crippen LogP contribution in [-0.4, -0.2) is 30.5 Å². The van der Waals surface area contributed by atoms with E-state index in [0.717, 1.165) is 6.07 Å². The summed E-state index contributed by atoms with van der Waals surface area (Å²) >= 11 is 0. The molecular formula is C17H17N3O6. The standard InChI is InChI=1S/C17H17N3O6/c1-3-26-13-7-4-11(5-8-13)16(21)18-19-17(22)14-10-12(20(23)24)6-9-15(14)25-2/h4-10H,3H2,1-2H3,(H,18,21)(H,19,22). The maximum Gasteiger partial charge on any atom is 0.273 e. The van der Waals surface area contributed by atoms with Gasteiger partial charge in [0, 0.05) is 17.7 Å². The molecule has 2 amide bonds. The lowest BCUT2D eigenvalue weighted by atomic mass is 10.1. The van der Waals surface area contributed by atoms with Crippen molar-refractivity contribution in [2.24, 2.45) is 0 Å². The van der Waals surface area contributed by atoms with Gasteiger partial charge >= 0.3 is 0 Å². The molecule has 9 nitrogen and oxygen atoms in total. The number of nitrogens with one attached hydrogen (secondary N) is 2. The van der Waals surface area contributed by atoms with Gasteiger partial charge in [-0.15, -0.1) is 0 Å². The van der Waals surface area contributed by atoms with Gasteiger partial charge in [0.2, 0.25) is 0 Å². The van der Waals surface area contributed by atoms with Crippen molar-refractivity contribution in [2.75, 3.05) is 13.7 Å². The zero-order chi connectivity index (χ0) is 19.1. The lowest BCUT2D eigenvalue weighted by Gasteiger charge is -2.10. The third-order valence-electron chi connectivity index (χ3n) is 3.36. The van der Waals surface area contributed by atoms with Crippen molar-refractivity contribution in [3.05, 3.63) is 63.7 Å². The maximum atomic E-state index is 12.2. The van der Waals surface area contributed by atoms with Crippen LogP contribution < -0.4 is 20.3 Å². The molecule has 0 saturated carbocycles. The maximum absolute atomic E-state index is 12.2. The number of hydrazine groups is 1. The molecule has 0 aliphatic carbocycles. The molecule has 26 heavy (non-hydrogen) atoms. The first-order valence-corrected chi connectivity index (χ1v) is 7.62. The van der Waals surface area contributed by atoms with Gasteiger partial charge in [0.05, 0.1) is 24.2 Å². The molecule has 0 aliphatic heterocycles. The molecule has 0 fully saturated rings. The number of non-ortho nitro benzene ring substituents is 1. The molecule has 0 saturated heterocycles. The van der Waals surface area contributed by atoms with Crippen LogP contribution >= 0.6 is 0 Å². The number of nitrogens with zero attached hydrogens (tertiary/aromatic N) is 1. The van der Waals surface area contributed by atoms with Crippen molar-refractivity contribution in [2.45, 2.75) is 6.92 Å². The highest BCUT2D eigenvalue weighted by molar-refractivity contribution is 6.00. The van der Waals surface area contributed by atoms with E-state index in [-0.39, 0.29) is 17.0 Å². The van der Waals surface area contributed by atoms with Gasteiger partial charge in [-0.25, -0.2) is 0 Å². The molecule has 136 valence electrons. The first-order valence-electron chi connectivity index (χ1n) is 7.62. The Morgan fingerprint density at radius 1 is 1.08 bits per heavy atom. The molecular weight excluding hydrogens is 342 g/mol. The lowest BCUT2D eigenvalue weighted by molar-refractivity contribution is -0.384. The summed E-state index contributed by atoms with van der Waals surface area (Å²) in [5.74, 6) is -0.534. The van der Waals surface area contributed by atoms with E-state index in [9.17, 15) is 19.7 Å². The van der Waals surface area contributed by atoms with Crippen LogP contribution in [0.4, 0.5) is 5.69 Å². The summed E-state index contributed by atoms with van der Waals surface area (Å²) in [6, 6.07) is 9.93. The fraction of sp³-hybridized carbons (Fsp3) is 0.176. The number of amides is 2. The van der Waals surface area contributed by atoms with E-state index in [1.165, 1.54) is 19.2 Å². The van der Waals surface area contributed by atoms with Crippen molar-refractivity contribution in [1.29, 1.82) is 0 Å². The largest absolute Gasteiger partial charge is 0.496 e. The average Bonchev–Trinajstić information content (AvgIpc) is 2.66. The summed E-state index contributed by atoms with van der Waals surface area (Å²) < 4.78 is 10.3. The summed E-state index contributed by atoms with van der Waals surface area (Å²) in [4.78, 5) is 34.5. The van der Waals surface area contributed by atoms with E-state index in [4.69, 9.17) is 9.47 Å². The van der Waals surface area contributed by atoms with E-state index in [2.05, 4.69) is 10.9 Å². The molecule has 0 unspecified atom stereocenters. The quantitative estimate of drug-likeness (QED) is 0.602. The second-order valence-electron chi connectivity index (χ2n) is 5.01. The van der Waals surface area contributed by atoms with E-state index in [1.54, 1.807) is 24.3 Å². The molecule has 0 heterocycles. The zero-order valence-electron chi connectivity index (χ0n) is 14.1. The number of carbonyl (C=O) groups is 2. The van der Waals surface area contributed by atoms with E-state index >= 15 is 0 Å². The van der Waals surface area contributed by atoms with Crippen LogP contribution in [0.1, 0.15) is 27.6 Å². The van der Waals surface area contributed by atoms with Crippen molar-refractivity contribution < 1.29 is 24.0 Å². The second-order valence-corrected chi connectivity index (χ2v) is 5.01. The molecule has 2 N–H and O–H groups in total. The van der Waals surface area contributed by atoms with Gasteiger partial charge in [0.15, 0.2) is 0 Å². The minimum atomic E-state index is -0.746. The van der Waals surface area contributed by atoms with Crippen LogP contribution in [0.15, 0.2) is 42.5 Å². The molecule has 0 atom stereocenters. The fourth-order valence-electron chi connectivity index (χ4n) is 2.11. The number of methoxy groups -OCH3 is 1. The third kappa shape index (κ3) is 4.47. The summed E-state index contributed by atoms with van der Waals surface area (Å²) in [6.45, 7) is 2.35. The number of hydrogen-bond acceptors (Lipinski definition) is 6. The Kier molecular flexibility index (Phi) is 6.10. The predicted octanol–water partition coefficient (Wildman–Crippen LogP) is 2.08. The highest BCUT2D eigenvalue weighted by atomic mass is 16.6. The van der Waals surface area contributed by atoms with Crippen LogP contribution in [-0.2, 0) is 0 Å². The van der Waals surface area contributed by atoms with Crippen LogP contribution in [0.2, 0.25) is 0 Å². The lowest BCUT2D eigenvalue weighted by Crippen LogP contribution is -2.41. The highest BCUT2D eigenvalue weighted by Gasteiger charge is 2.18. The molecule has 0 spiro atoms. The van der Waals surface area contributed by atoms with Crippen LogP contribution in [0, 0.1) is 10.1 Å². The van der Waals surface area contributed by atoms with E-state index < -0.39 is 16.7 Å². The molecule has 0 aromatic heterocycles. The second kappa shape index (κ2) is 8.47. The van der Waals surface area contributed by atoms with Gasteiger partial charge in [0.1, 0.15) is 11.5 Å². The summed E-state index contributed by atoms with van der Waals surface area (Å²) in [5, 5.41) is 10.9. The number of nitro groups is 1. The number of nitro benzene ring substituents is 1. The predicted molar refractivity (Wildman–Crippen MR) is 92.2 cm³/mol. The molecule has 0 aliphatic rings. The molecule has 2 rings (SSSR count). The summed E-state index contributed by atoms with van der Waals surface area (Å²) in [6.07, 6.45) is 0. The van der Waals surface area contributed by atoms with Crippen LogP contribution in [0.3, 0.4) is 0 Å². The minimum Gasteiger partial charge on any atom is -0.496 e. The summed E-state index contributed by atoms with van der Waals surface area (Å²) in [7, 11) is 1.33. The smallest absolute Gasteiger partial charge is 0.273 e. The molecule has 9 heteroatoms. The Bertz CT molecular complexity index is 820. The van der Waals surface area contributed by atoms with Gasteiger partial charge in [-0.1, -0.05) is 0 Å². The van der Waals surface area contributed by atoms with Gasteiger partial charge in [-0.05, 0) is 37.3 Å². The first-order chi connectivity index (χ1) is 12.5. The van der Waals surface area contributed by atoms with Gasteiger partial charge in [-0.2, -0.15) is 0 Å². The SMILES string of the molecule is CCOc1ccc(C(=O)NNC(=O)c2cc([N+](=O)[O-])ccc2OC)cc1. The van der Waals surface area contributed by atoms with Crippen LogP contribution in [0.25, 0.3) is 0 Å². The third-order valence-corrected chi connectivity index (χ3v) is 3.36. The first kappa shape index (κ1) is 18.7. The van der Waals surface area contributed by atoms with Crippen molar-refractivity contribution >= 4 is 17.5 Å². The molecule has 2 aromatic rings. The summed E-state index contributed by atoms with van der Waals surface area (Å²) in [5.41, 5.74) is 4.41. The normalized spacial score (nSPS) is 9.92. The van der Waals surface area contributed by atoms with Crippen LogP contribution in [0.5, 0.6) is 11.5 Å². The number of rotatable bonds is 6.